The Hall–Kier alpha value is -7.37. The number of aromatic nitrogens is 5. The van der Waals surface area contributed by atoms with Crippen LogP contribution in [0, 0.1) is 0 Å². The normalized spacial score (nSPS) is 13.6. The third-order valence-electron chi connectivity index (χ3n) is 12.7. The molecule has 0 saturated heterocycles. The maximum Gasteiger partial charge on any atom is 0.253 e. The predicted molar refractivity (Wildman–Crippen MR) is 233 cm³/mol. The molecule has 0 saturated carbocycles. The molecule has 13 rings (SSSR count). The summed E-state index contributed by atoms with van der Waals surface area (Å²) in [5.41, 5.74) is 17.5. The lowest BCUT2D eigenvalue weighted by Gasteiger charge is -2.21. The van der Waals surface area contributed by atoms with Crippen molar-refractivity contribution in [3.63, 3.8) is 0 Å². The number of hydrogen-bond acceptors (Lipinski definition) is 3. The van der Waals surface area contributed by atoms with Crippen molar-refractivity contribution in [1.29, 1.82) is 0 Å². The minimum atomic E-state index is -0.107. The summed E-state index contributed by atoms with van der Waals surface area (Å²) in [4.78, 5) is 10.5. The van der Waals surface area contributed by atoms with Crippen molar-refractivity contribution in [2.75, 3.05) is 0 Å². The van der Waals surface area contributed by atoms with Crippen LogP contribution >= 0.6 is 0 Å². The largest absolute Gasteiger partial charge is 0.309 e. The van der Waals surface area contributed by atoms with E-state index in [1.54, 1.807) is 0 Å². The van der Waals surface area contributed by atoms with E-state index in [0.717, 1.165) is 33.4 Å². The van der Waals surface area contributed by atoms with Crippen molar-refractivity contribution < 1.29 is 0 Å². The van der Waals surface area contributed by atoms with E-state index >= 15 is 0 Å². The van der Waals surface area contributed by atoms with Gasteiger partial charge in [0.2, 0.25) is 0 Å². The summed E-state index contributed by atoms with van der Waals surface area (Å²) < 4.78 is 4.32. The zero-order valence-electron chi connectivity index (χ0n) is 31.3. The average molecular weight is 728 g/mol. The Balaban J connectivity index is 1.02. The fraction of sp³-hybridized carbons (Fsp3) is 0.0577. The van der Waals surface area contributed by atoms with Crippen LogP contribution in [-0.2, 0) is 5.41 Å². The van der Waals surface area contributed by atoms with E-state index in [9.17, 15) is 0 Å². The summed E-state index contributed by atoms with van der Waals surface area (Å²) >= 11 is 0. The van der Waals surface area contributed by atoms with Gasteiger partial charge in [-0.05, 0) is 85.6 Å². The molecule has 5 heteroatoms. The first-order chi connectivity index (χ1) is 28.0. The van der Waals surface area contributed by atoms with Gasteiger partial charge in [0.15, 0.2) is 5.82 Å². The fourth-order valence-electron chi connectivity index (χ4n) is 10.2. The Morgan fingerprint density at radius 1 is 0.474 bits per heavy atom. The SMILES string of the molecule is CC1(C)c2ccccc2-c2c(-c3nc4nc(-c5cccc(-n6c7cccc8c7c7c9c(cccc9ccc76)-c6ccccc6-8)c5)nn4c4ccccc34)cccc21. The Labute approximate surface area is 328 Å². The molecular weight excluding hydrogens is 695 g/mol. The highest BCUT2D eigenvalue weighted by atomic mass is 15.3. The van der Waals surface area contributed by atoms with Crippen molar-refractivity contribution in [2.24, 2.45) is 0 Å². The van der Waals surface area contributed by atoms with Crippen LogP contribution in [0.1, 0.15) is 25.0 Å². The molecule has 8 aromatic carbocycles. The van der Waals surface area contributed by atoms with E-state index in [1.165, 1.54) is 77.1 Å². The number of para-hydroxylation sites is 1. The van der Waals surface area contributed by atoms with Gasteiger partial charge in [-0.25, -0.2) is 4.98 Å². The molecule has 11 aromatic rings. The average Bonchev–Trinajstić information content (AvgIpc) is 3.89. The molecule has 57 heavy (non-hydrogen) atoms. The molecule has 266 valence electrons. The first-order valence-corrected chi connectivity index (χ1v) is 19.6. The van der Waals surface area contributed by atoms with E-state index in [-0.39, 0.29) is 5.41 Å². The third kappa shape index (κ3) is 4.00. The van der Waals surface area contributed by atoms with E-state index in [1.807, 2.05) is 4.52 Å². The number of benzene rings is 8. The standard InChI is InChI=1S/C52H33N5/c1-52(2)40-23-7-5-18-37(40)46-39(22-11-24-41(46)52)49-38-19-6-8-25-42(38)57-51(53-49)54-50(55-57)31-14-9-15-32(29-31)56-43-26-12-21-36-34-17-4-3-16-33(34)35-20-10-13-30-27-28-44(56)48(45(30)35)47(36)43/h3-29H,1-2H3. The predicted octanol–water partition coefficient (Wildman–Crippen LogP) is 12.8. The fourth-order valence-corrected chi connectivity index (χ4v) is 10.2. The van der Waals surface area contributed by atoms with Crippen molar-refractivity contribution in [3.05, 3.63) is 175 Å². The summed E-state index contributed by atoms with van der Waals surface area (Å²) in [6.07, 6.45) is 0. The monoisotopic (exact) mass is 727 g/mol. The molecule has 0 amide bonds. The minimum Gasteiger partial charge on any atom is -0.309 e. The molecular formula is C52H33N5. The number of rotatable bonds is 3. The van der Waals surface area contributed by atoms with Gasteiger partial charge in [0.05, 0.1) is 22.2 Å². The summed E-state index contributed by atoms with van der Waals surface area (Å²) in [5, 5.41) is 11.3. The lowest BCUT2D eigenvalue weighted by atomic mass is 9.82. The van der Waals surface area contributed by atoms with Gasteiger partial charge in [0, 0.05) is 38.4 Å². The molecule has 0 fully saturated rings. The third-order valence-corrected chi connectivity index (χ3v) is 12.7. The second-order valence-electron chi connectivity index (χ2n) is 16.0. The molecule has 5 nitrogen and oxygen atoms in total. The van der Waals surface area contributed by atoms with Crippen LogP contribution in [0.15, 0.2) is 164 Å². The Bertz CT molecular complexity index is 3560. The van der Waals surface area contributed by atoms with Crippen molar-refractivity contribution in [1.82, 2.24) is 24.1 Å². The van der Waals surface area contributed by atoms with Crippen LogP contribution in [0.3, 0.4) is 0 Å². The van der Waals surface area contributed by atoms with Crippen LogP contribution in [0.2, 0.25) is 0 Å². The smallest absolute Gasteiger partial charge is 0.253 e. The van der Waals surface area contributed by atoms with Crippen molar-refractivity contribution in [2.45, 2.75) is 19.3 Å². The topological polar surface area (TPSA) is 48.0 Å². The maximum atomic E-state index is 5.33. The van der Waals surface area contributed by atoms with Crippen molar-refractivity contribution in [3.8, 4) is 61.7 Å². The highest BCUT2D eigenvalue weighted by molar-refractivity contribution is 6.30. The molecule has 0 aliphatic heterocycles. The molecule has 2 aliphatic rings. The highest BCUT2D eigenvalue weighted by Gasteiger charge is 2.37. The van der Waals surface area contributed by atoms with Gasteiger partial charge in [-0.15, -0.1) is 5.10 Å². The van der Waals surface area contributed by atoms with Gasteiger partial charge in [-0.2, -0.15) is 9.50 Å². The van der Waals surface area contributed by atoms with Crippen LogP contribution in [0.4, 0.5) is 0 Å². The van der Waals surface area contributed by atoms with Gasteiger partial charge in [0.25, 0.3) is 5.78 Å². The molecule has 0 N–H and O–H groups in total. The maximum absolute atomic E-state index is 5.33. The molecule has 3 aromatic heterocycles. The van der Waals surface area contributed by atoms with E-state index in [0.29, 0.717) is 11.6 Å². The summed E-state index contributed by atoms with van der Waals surface area (Å²) in [6, 6.07) is 59.4. The van der Waals surface area contributed by atoms with Gasteiger partial charge >= 0.3 is 0 Å². The highest BCUT2D eigenvalue weighted by Crippen LogP contribution is 2.53. The summed E-state index contributed by atoms with van der Waals surface area (Å²) in [6.45, 7) is 4.64. The van der Waals surface area contributed by atoms with Gasteiger partial charge < -0.3 is 4.57 Å². The Morgan fingerprint density at radius 2 is 1.12 bits per heavy atom. The van der Waals surface area contributed by atoms with Crippen LogP contribution in [-0.4, -0.2) is 24.1 Å². The molecule has 0 unspecified atom stereocenters. The van der Waals surface area contributed by atoms with Gasteiger partial charge in [-0.1, -0.05) is 147 Å². The summed E-state index contributed by atoms with van der Waals surface area (Å²) in [5.74, 6) is 1.22. The zero-order chi connectivity index (χ0) is 37.6. The first-order valence-electron chi connectivity index (χ1n) is 19.6. The number of hydrogen-bond donors (Lipinski definition) is 0. The first kappa shape index (κ1) is 30.9. The van der Waals surface area contributed by atoms with E-state index < -0.39 is 0 Å². The molecule has 0 radical (unpaired) electrons. The Kier molecular flexibility index (Phi) is 5.91. The van der Waals surface area contributed by atoms with Gasteiger partial charge in [-0.3, -0.25) is 0 Å². The number of fused-ring (bicyclic) bond motifs is 9. The second-order valence-corrected chi connectivity index (χ2v) is 16.0. The molecule has 0 bridgehead atoms. The van der Waals surface area contributed by atoms with Crippen molar-refractivity contribution >= 4 is 49.3 Å². The molecule has 0 spiro atoms. The number of nitrogens with zero attached hydrogens (tertiary/aromatic N) is 5. The lowest BCUT2D eigenvalue weighted by molar-refractivity contribution is 0.660. The minimum absolute atomic E-state index is 0.107. The van der Waals surface area contributed by atoms with Crippen LogP contribution in [0.5, 0.6) is 0 Å². The molecule has 0 atom stereocenters. The van der Waals surface area contributed by atoms with E-state index in [4.69, 9.17) is 15.1 Å². The zero-order valence-corrected chi connectivity index (χ0v) is 31.3. The van der Waals surface area contributed by atoms with E-state index in [2.05, 4.69) is 182 Å². The van der Waals surface area contributed by atoms with Crippen LogP contribution in [0.25, 0.3) is 111 Å². The lowest BCUT2D eigenvalue weighted by Crippen LogP contribution is -2.14. The Morgan fingerprint density at radius 3 is 2.00 bits per heavy atom. The summed E-state index contributed by atoms with van der Waals surface area (Å²) in [7, 11) is 0. The van der Waals surface area contributed by atoms with Crippen LogP contribution < -0.4 is 0 Å². The second kappa shape index (κ2) is 10.9. The molecule has 2 aliphatic carbocycles. The van der Waals surface area contributed by atoms with Gasteiger partial charge in [0.1, 0.15) is 0 Å². The quantitative estimate of drug-likeness (QED) is 0.182. The molecule has 3 heterocycles.